The van der Waals surface area contributed by atoms with E-state index in [-0.39, 0.29) is 29.3 Å². The number of ether oxygens (including phenoxy) is 1. The number of carbonyl (C=O) groups is 2. The van der Waals surface area contributed by atoms with E-state index in [1.54, 1.807) is 0 Å². The number of likely N-dealkylation sites (tertiary alicyclic amines) is 1. The maximum atomic E-state index is 12.2. The molecule has 0 aromatic rings. The standard InChI is InChI=1S/C14H24N2O3/c1-10(2)16-12(17)8-11(13(16)18)15-9-14(3)4-6-19-7-5-14/h10-11,15H,4-9H2,1-3H3. The van der Waals surface area contributed by atoms with Gasteiger partial charge in [-0.3, -0.25) is 14.5 Å². The van der Waals surface area contributed by atoms with Crippen molar-refractivity contribution in [2.24, 2.45) is 5.41 Å². The first-order valence-electron chi connectivity index (χ1n) is 7.10. The Morgan fingerprint density at radius 2 is 2.00 bits per heavy atom. The van der Waals surface area contributed by atoms with E-state index >= 15 is 0 Å². The molecule has 1 atom stereocenters. The number of rotatable bonds is 4. The molecule has 0 aliphatic carbocycles. The minimum absolute atomic E-state index is 0.0505. The fourth-order valence-electron chi connectivity index (χ4n) is 2.76. The molecule has 2 heterocycles. The molecule has 0 spiro atoms. The van der Waals surface area contributed by atoms with E-state index in [2.05, 4.69) is 12.2 Å². The Balaban J connectivity index is 1.90. The van der Waals surface area contributed by atoms with E-state index in [4.69, 9.17) is 4.74 Å². The highest BCUT2D eigenvalue weighted by Crippen LogP contribution is 2.29. The van der Waals surface area contributed by atoms with E-state index in [0.717, 1.165) is 32.6 Å². The van der Waals surface area contributed by atoms with Crippen LogP contribution in [0.2, 0.25) is 0 Å². The molecule has 2 aliphatic rings. The predicted molar refractivity (Wildman–Crippen MR) is 71.6 cm³/mol. The first kappa shape index (κ1) is 14.5. The van der Waals surface area contributed by atoms with Crippen LogP contribution in [0, 0.1) is 5.41 Å². The summed E-state index contributed by atoms with van der Waals surface area (Å²) in [6, 6.07) is -0.389. The van der Waals surface area contributed by atoms with Crippen LogP contribution in [0.5, 0.6) is 0 Å². The highest BCUT2D eigenvalue weighted by Gasteiger charge is 2.40. The molecule has 2 fully saturated rings. The lowest BCUT2D eigenvalue weighted by atomic mass is 9.82. The molecule has 5 nitrogen and oxygen atoms in total. The quantitative estimate of drug-likeness (QED) is 0.771. The van der Waals surface area contributed by atoms with Gasteiger partial charge in [0.15, 0.2) is 0 Å². The molecule has 0 saturated carbocycles. The molecule has 0 bridgehead atoms. The molecular formula is C14H24N2O3. The molecule has 2 saturated heterocycles. The van der Waals surface area contributed by atoms with Gasteiger partial charge < -0.3 is 10.1 Å². The smallest absolute Gasteiger partial charge is 0.247 e. The molecular weight excluding hydrogens is 244 g/mol. The maximum absolute atomic E-state index is 12.2. The van der Waals surface area contributed by atoms with E-state index in [1.807, 2.05) is 13.8 Å². The lowest BCUT2D eigenvalue weighted by molar-refractivity contribution is -0.140. The van der Waals surface area contributed by atoms with Gasteiger partial charge >= 0.3 is 0 Å². The Bertz CT molecular complexity index is 362. The Kier molecular flexibility index (Phi) is 4.26. The van der Waals surface area contributed by atoms with Gasteiger partial charge in [0, 0.05) is 25.8 Å². The lowest BCUT2D eigenvalue weighted by Crippen LogP contribution is -2.46. The summed E-state index contributed by atoms with van der Waals surface area (Å²) in [6.45, 7) is 8.30. The molecule has 2 amide bonds. The van der Waals surface area contributed by atoms with E-state index in [0.29, 0.717) is 6.42 Å². The first-order valence-corrected chi connectivity index (χ1v) is 7.10. The third kappa shape index (κ3) is 3.15. The summed E-state index contributed by atoms with van der Waals surface area (Å²) in [6.07, 6.45) is 2.30. The molecule has 19 heavy (non-hydrogen) atoms. The number of nitrogens with zero attached hydrogens (tertiary/aromatic N) is 1. The van der Waals surface area contributed by atoms with Crippen LogP contribution in [0.4, 0.5) is 0 Å². The van der Waals surface area contributed by atoms with Gasteiger partial charge in [-0.05, 0) is 32.1 Å². The second kappa shape index (κ2) is 5.59. The van der Waals surface area contributed by atoms with Gasteiger partial charge in [-0.15, -0.1) is 0 Å². The van der Waals surface area contributed by atoms with Crippen molar-refractivity contribution in [3.05, 3.63) is 0 Å². The Hall–Kier alpha value is -0.940. The van der Waals surface area contributed by atoms with Gasteiger partial charge in [-0.25, -0.2) is 0 Å². The summed E-state index contributed by atoms with van der Waals surface area (Å²) in [5, 5.41) is 3.29. The fraction of sp³-hybridized carbons (Fsp3) is 0.857. The average molecular weight is 268 g/mol. The van der Waals surface area contributed by atoms with Gasteiger partial charge in [0.05, 0.1) is 12.5 Å². The number of hydrogen-bond acceptors (Lipinski definition) is 4. The second-order valence-electron chi connectivity index (χ2n) is 6.26. The summed E-state index contributed by atoms with van der Waals surface area (Å²) in [5.41, 5.74) is 0.173. The molecule has 108 valence electrons. The summed E-state index contributed by atoms with van der Waals surface area (Å²) >= 11 is 0. The zero-order valence-electron chi connectivity index (χ0n) is 12.1. The van der Waals surface area contributed by atoms with Crippen LogP contribution in [0.15, 0.2) is 0 Å². The third-order valence-corrected chi connectivity index (χ3v) is 4.17. The number of amides is 2. The van der Waals surface area contributed by atoms with Crippen LogP contribution in [0.1, 0.15) is 40.0 Å². The van der Waals surface area contributed by atoms with Crippen LogP contribution in [-0.2, 0) is 14.3 Å². The zero-order chi connectivity index (χ0) is 14.0. The molecule has 0 radical (unpaired) electrons. The number of carbonyl (C=O) groups excluding carboxylic acids is 2. The Morgan fingerprint density at radius 1 is 1.37 bits per heavy atom. The minimum Gasteiger partial charge on any atom is -0.381 e. The summed E-state index contributed by atoms with van der Waals surface area (Å²) in [4.78, 5) is 25.3. The number of imide groups is 1. The third-order valence-electron chi connectivity index (χ3n) is 4.17. The van der Waals surface area contributed by atoms with Crippen LogP contribution >= 0.6 is 0 Å². The van der Waals surface area contributed by atoms with Crippen molar-refractivity contribution in [3.8, 4) is 0 Å². The summed E-state index contributed by atoms with van der Waals surface area (Å²) in [7, 11) is 0. The molecule has 2 rings (SSSR count). The van der Waals surface area contributed by atoms with Crippen molar-refractivity contribution in [1.29, 1.82) is 0 Å². The van der Waals surface area contributed by atoms with Crippen molar-refractivity contribution in [1.82, 2.24) is 10.2 Å². The van der Waals surface area contributed by atoms with E-state index in [9.17, 15) is 9.59 Å². The van der Waals surface area contributed by atoms with Gasteiger partial charge in [-0.2, -0.15) is 0 Å². The largest absolute Gasteiger partial charge is 0.381 e. The van der Waals surface area contributed by atoms with Crippen molar-refractivity contribution in [2.45, 2.75) is 52.1 Å². The monoisotopic (exact) mass is 268 g/mol. The van der Waals surface area contributed by atoms with Crippen LogP contribution in [-0.4, -0.2) is 48.6 Å². The van der Waals surface area contributed by atoms with Crippen molar-refractivity contribution in [3.63, 3.8) is 0 Å². The molecule has 0 aromatic heterocycles. The highest BCUT2D eigenvalue weighted by molar-refractivity contribution is 6.05. The Morgan fingerprint density at radius 3 is 2.53 bits per heavy atom. The zero-order valence-corrected chi connectivity index (χ0v) is 12.1. The van der Waals surface area contributed by atoms with Crippen molar-refractivity contribution >= 4 is 11.8 Å². The lowest BCUT2D eigenvalue weighted by Gasteiger charge is -2.34. The molecule has 0 aromatic carbocycles. The van der Waals surface area contributed by atoms with Gasteiger partial charge in [0.25, 0.3) is 0 Å². The van der Waals surface area contributed by atoms with Crippen LogP contribution < -0.4 is 5.32 Å². The molecule has 1 unspecified atom stereocenters. The van der Waals surface area contributed by atoms with Gasteiger partial charge in [0.2, 0.25) is 11.8 Å². The second-order valence-corrected chi connectivity index (χ2v) is 6.26. The summed E-state index contributed by atoms with van der Waals surface area (Å²) < 4.78 is 5.37. The number of hydrogen-bond donors (Lipinski definition) is 1. The molecule has 1 N–H and O–H groups in total. The topological polar surface area (TPSA) is 58.6 Å². The van der Waals surface area contributed by atoms with E-state index < -0.39 is 0 Å². The normalized spacial score (nSPS) is 27.4. The van der Waals surface area contributed by atoms with Gasteiger partial charge in [-0.1, -0.05) is 6.92 Å². The number of nitrogens with one attached hydrogen (secondary N) is 1. The summed E-state index contributed by atoms with van der Waals surface area (Å²) in [5.74, 6) is -0.134. The average Bonchev–Trinajstić information content (AvgIpc) is 2.63. The van der Waals surface area contributed by atoms with Gasteiger partial charge in [0.1, 0.15) is 0 Å². The van der Waals surface area contributed by atoms with Crippen molar-refractivity contribution < 1.29 is 14.3 Å². The maximum Gasteiger partial charge on any atom is 0.247 e. The molecule has 5 heteroatoms. The van der Waals surface area contributed by atoms with Crippen LogP contribution in [0.25, 0.3) is 0 Å². The SMILES string of the molecule is CC(C)N1C(=O)CC(NCC2(C)CCOCC2)C1=O. The first-order chi connectivity index (χ1) is 8.93. The minimum atomic E-state index is -0.338. The highest BCUT2D eigenvalue weighted by atomic mass is 16.5. The Labute approximate surface area is 114 Å². The van der Waals surface area contributed by atoms with Crippen molar-refractivity contribution in [2.75, 3.05) is 19.8 Å². The van der Waals surface area contributed by atoms with Crippen LogP contribution in [0.3, 0.4) is 0 Å². The molecule has 2 aliphatic heterocycles. The predicted octanol–water partition coefficient (Wildman–Crippen LogP) is 0.929. The fourth-order valence-corrected chi connectivity index (χ4v) is 2.76. The van der Waals surface area contributed by atoms with E-state index in [1.165, 1.54) is 4.90 Å².